The molecule has 1 saturated carbocycles. The summed E-state index contributed by atoms with van der Waals surface area (Å²) in [6, 6.07) is 4.87. The molecule has 0 aromatic heterocycles. The average Bonchev–Trinajstić information content (AvgIpc) is 2.31. The number of nitrogens with one attached hydrogen (secondary N) is 1. The van der Waals surface area contributed by atoms with Crippen molar-refractivity contribution in [2.75, 3.05) is 13.1 Å². The van der Waals surface area contributed by atoms with Gasteiger partial charge in [0.2, 0.25) is 0 Å². The average molecular weight is 273 g/mol. The van der Waals surface area contributed by atoms with Crippen LogP contribution in [-0.4, -0.2) is 18.2 Å². The SMILES string of the molecule is OC(CNCC1CCC1)c1cccc(C(F)(F)F)c1. The fourth-order valence-corrected chi connectivity index (χ4v) is 2.16. The summed E-state index contributed by atoms with van der Waals surface area (Å²) < 4.78 is 37.6. The molecule has 0 saturated heterocycles. The molecule has 0 radical (unpaired) electrons. The lowest BCUT2D eigenvalue weighted by molar-refractivity contribution is -0.137. The van der Waals surface area contributed by atoms with Crippen LogP contribution in [0.1, 0.15) is 36.5 Å². The van der Waals surface area contributed by atoms with Crippen LogP contribution in [0.3, 0.4) is 0 Å². The highest BCUT2D eigenvalue weighted by Gasteiger charge is 2.30. The van der Waals surface area contributed by atoms with E-state index in [1.807, 2.05) is 0 Å². The number of benzene rings is 1. The molecule has 0 aliphatic heterocycles. The van der Waals surface area contributed by atoms with E-state index in [4.69, 9.17) is 0 Å². The van der Waals surface area contributed by atoms with Gasteiger partial charge < -0.3 is 10.4 Å². The molecular formula is C14H18F3NO. The van der Waals surface area contributed by atoms with Gasteiger partial charge in [0.15, 0.2) is 0 Å². The number of halogens is 3. The minimum atomic E-state index is -4.37. The van der Waals surface area contributed by atoms with E-state index in [-0.39, 0.29) is 6.54 Å². The second-order valence-corrected chi connectivity index (χ2v) is 5.09. The van der Waals surface area contributed by atoms with E-state index in [1.54, 1.807) is 0 Å². The Bertz CT molecular complexity index is 415. The zero-order chi connectivity index (χ0) is 13.9. The summed E-state index contributed by atoms with van der Waals surface area (Å²) in [4.78, 5) is 0. The van der Waals surface area contributed by atoms with Crippen molar-refractivity contribution in [1.82, 2.24) is 5.32 Å². The van der Waals surface area contributed by atoms with Crippen molar-refractivity contribution in [1.29, 1.82) is 0 Å². The Morgan fingerprint density at radius 2 is 2.05 bits per heavy atom. The number of aliphatic hydroxyl groups is 1. The maximum atomic E-state index is 12.5. The van der Waals surface area contributed by atoms with Crippen LogP contribution in [0.2, 0.25) is 0 Å². The van der Waals surface area contributed by atoms with E-state index < -0.39 is 17.8 Å². The Hall–Kier alpha value is -1.07. The molecule has 1 aromatic carbocycles. The van der Waals surface area contributed by atoms with Crippen molar-refractivity contribution in [2.24, 2.45) is 5.92 Å². The maximum Gasteiger partial charge on any atom is 0.416 e. The molecule has 19 heavy (non-hydrogen) atoms. The summed E-state index contributed by atoms with van der Waals surface area (Å²) in [7, 11) is 0. The van der Waals surface area contributed by atoms with E-state index in [2.05, 4.69) is 5.32 Å². The van der Waals surface area contributed by atoms with E-state index in [0.29, 0.717) is 11.5 Å². The van der Waals surface area contributed by atoms with E-state index in [9.17, 15) is 18.3 Å². The van der Waals surface area contributed by atoms with Gasteiger partial charge >= 0.3 is 6.18 Å². The molecular weight excluding hydrogens is 255 g/mol. The third-order valence-electron chi connectivity index (χ3n) is 3.59. The van der Waals surface area contributed by atoms with Crippen molar-refractivity contribution < 1.29 is 18.3 Å². The number of hydrogen-bond donors (Lipinski definition) is 2. The first-order valence-electron chi connectivity index (χ1n) is 6.53. The van der Waals surface area contributed by atoms with Crippen LogP contribution in [-0.2, 0) is 6.18 Å². The van der Waals surface area contributed by atoms with E-state index in [0.717, 1.165) is 18.7 Å². The zero-order valence-electron chi connectivity index (χ0n) is 10.6. The third-order valence-corrected chi connectivity index (χ3v) is 3.59. The first-order chi connectivity index (χ1) is 8.97. The minimum Gasteiger partial charge on any atom is -0.387 e. The summed E-state index contributed by atoms with van der Waals surface area (Å²) in [5, 5.41) is 13.0. The lowest BCUT2D eigenvalue weighted by atomic mass is 9.85. The highest BCUT2D eigenvalue weighted by atomic mass is 19.4. The van der Waals surface area contributed by atoms with Gasteiger partial charge in [-0.1, -0.05) is 18.6 Å². The maximum absolute atomic E-state index is 12.5. The van der Waals surface area contributed by atoms with Crippen LogP contribution >= 0.6 is 0 Å². The first kappa shape index (κ1) is 14.3. The molecule has 1 aliphatic carbocycles. The molecule has 0 spiro atoms. The third kappa shape index (κ3) is 3.94. The van der Waals surface area contributed by atoms with Crippen molar-refractivity contribution in [2.45, 2.75) is 31.5 Å². The Morgan fingerprint density at radius 3 is 2.63 bits per heavy atom. The highest BCUT2D eigenvalue weighted by Crippen LogP contribution is 2.30. The van der Waals surface area contributed by atoms with Crippen LogP contribution in [0, 0.1) is 5.92 Å². The van der Waals surface area contributed by atoms with Crippen LogP contribution in [0.15, 0.2) is 24.3 Å². The van der Waals surface area contributed by atoms with E-state index in [1.165, 1.54) is 31.4 Å². The molecule has 1 fully saturated rings. The standard InChI is InChI=1S/C14H18F3NO/c15-14(16,17)12-6-2-5-11(7-12)13(19)9-18-8-10-3-1-4-10/h2,5-7,10,13,18-19H,1,3-4,8-9H2. The van der Waals surface area contributed by atoms with E-state index >= 15 is 0 Å². The smallest absolute Gasteiger partial charge is 0.387 e. The summed E-state index contributed by atoms with van der Waals surface area (Å²) in [5.74, 6) is 0.661. The quantitative estimate of drug-likeness (QED) is 0.864. The Balaban J connectivity index is 1.88. The molecule has 1 atom stereocenters. The summed E-state index contributed by atoms with van der Waals surface area (Å²) in [6.07, 6.45) is -1.61. The van der Waals surface area contributed by atoms with Gasteiger partial charge in [-0.25, -0.2) is 0 Å². The van der Waals surface area contributed by atoms with Gasteiger partial charge in [-0.3, -0.25) is 0 Å². The van der Waals surface area contributed by atoms with Crippen molar-refractivity contribution in [3.8, 4) is 0 Å². The molecule has 106 valence electrons. The van der Waals surface area contributed by atoms with Gasteiger partial charge in [-0.15, -0.1) is 0 Å². The predicted octanol–water partition coefficient (Wildman–Crippen LogP) is 3.13. The van der Waals surface area contributed by atoms with Gasteiger partial charge in [0, 0.05) is 6.54 Å². The fraction of sp³-hybridized carbons (Fsp3) is 0.571. The van der Waals surface area contributed by atoms with Crippen LogP contribution < -0.4 is 5.32 Å². The molecule has 2 rings (SSSR count). The number of rotatable bonds is 5. The Labute approximate surface area is 110 Å². The second kappa shape index (κ2) is 5.92. The van der Waals surface area contributed by atoms with Gasteiger partial charge in [-0.2, -0.15) is 13.2 Å². The molecule has 2 N–H and O–H groups in total. The Kier molecular flexibility index (Phi) is 4.47. The highest BCUT2D eigenvalue weighted by molar-refractivity contribution is 5.27. The van der Waals surface area contributed by atoms with Crippen LogP contribution in [0.5, 0.6) is 0 Å². The molecule has 0 bridgehead atoms. The van der Waals surface area contributed by atoms with Gasteiger partial charge in [0.25, 0.3) is 0 Å². The first-order valence-corrected chi connectivity index (χ1v) is 6.53. The molecule has 1 unspecified atom stereocenters. The minimum absolute atomic E-state index is 0.289. The largest absolute Gasteiger partial charge is 0.416 e. The normalized spacial score (nSPS) is 18.1. The molecule has 5 heteroatoms. The molecule has 0 heterocycles. The summed E-state index contributed by atoms with van der Waals surface area (Å²) in [6.45, 7) is 1.12. The molecule has 1 aliphatic rings. The number of alkyl halides is 3. The fourth-order valence-electron chi connectivity index (χ4n) is 2.16. The molecule has 1 aromatic rings. The van der Waals surface area contributed by atoms with Crippen LogP contribution in [0.25, 0.3) is 0 Å². The lowest BCUT2D eigenvalue weighted by Gasteiger charge is -2.26. The lowest BCUT2D eigenvalue weighted by Crippen LogP contribution is -2.30. The predicted molar refractivity (Wildman–Crippen MR) is 66.6 cm³/mol. The summed E-state index contributed by atoms with van der Waals surface area (Å²) >= 11 is 0. The van der Waals surface area contributed by atoms with Gasteiger partial charge in [-0.05, 0) is 43.0 Å². The topological polar surface area (TPSA) is 32.3 Å². The van der Waals surface area contributed by atoms with Crippen LogP contribution in [0.4, 0.5) is 13.2 Å². The van der Waals surface area contributed by atoms with Gasteiger partial charge in [0.05, 0.1) is 11.7 Å². The van der Waals surface area contributed by atoms with Crippen molar-refractivity contribution in [3.63, 3.8) is 0 Å². The molecule has 2 nitrogen and oxygen atoms in total. The monoisotopic (exact) mass is 273 g/mol. The van der Waals surface area contributed by atoms with Crippen molar-refractivity contribution >= 4 is 0 Å². The van der Waals surface area contributed by atoms with Gasteiger partial charge in [0.1, 0.15) is 0 Å². The van der Waals surface area contributed by atoms with Crippen molar-refractivity contribution in [3.05, 3.63) is 35.4 Å². The zero-order valence-corrected chi connectivity index (χ0v) is 10.6. The second-order valence-electron chi connectivity index (χ2n) is 5.09. The Morgan fingerprint density at radius 1 is 1.32 bits per heavy atom. The number of aliphatic hydroxyl groups excluding tert-OH is 1. The number of hydrogen-bond acceptors (Lipinski definition) is 2. The molecule has 0 amide bonds. The summed E-state index contributed by atoms with van der Waals surface area (Å²) in [5.41, 5.74) is -0.418.